The van der Waals surface area contributed by atoms with Crippen molar-refractivity contribution in [2.75, 3.05) is 12.3 Å². The Morgan fingerprint density at radius 1 is 1.12 bits per heavy atom. The molecule has 1 heterocycles. The first kappa shape index (κ1) is 16.2. The van der Waals surface area contributed by atoms with E-state index in [2.05, 4.69) is 11.9 Å². The number of aromatic nitrogens is 1. The summed E-state index contributed by atoms with van der Waals surface area (Å²) in [6.07, 6.45) is 2.97. The van der Waals surface area contributed by atoms with E-state index in [1.807, 2.05) is 42.5 Å². The molecule has 0 spiro atoms. The number of fused-ring (bicyclic) bond motifs is 2. The van der Waals surface area contributed by atoms with Crippen LogP contribution < -0.4 is 5.73 Å². The molecule has 1 aromatic heterocycles. The fourth-order valence-corrected chi connectivity index (χ4v) is 2.77. The third-order valence-corrected chi connectivity index (χ3v) is 4.16. The van der Waals surface area contributed by atoms with E-state index in [1.165, 1.54) is 0 Å². The molecule has 124 valence electrons. The number of aryl methyl sites for hydroxylation is 1. The minimum Gasteiger partial charge on any atom is -0.466 e. The summed E-state index contributed by atoms with van der Waals surface area (Å²) in [7, 11) is 0. The van der Waals surface area contributed by atoms with Gasteiger partial charge in [-0.2, -0.15) is 0 Å². The van der Waals surface area contributed by atoms with Crippen LogP contribution in [0.1, 0.15) is 31.7 Å². The molecule has 0 radical (unpaired) electrons. The standard InChI is InChI=1S/C20H22N2O2/c1-2-3-12-24-19(23)11-9-14-8-10-18-16(13-14)20(21)15-6-4-5-7-17(15)22-18/h4-8,10,13H,2-3,9,11-12H2,1H3,(H2,21,22). The number of carbonyl (C=O) groups is 1. The van der Waals surface area contributed by atoms with E-state index >= 15 is 0 Å². The molecule has 2 aromatic carbocycles. The zero-order valence-corrected chi connectivity index (χ0v) is 13.9. The maximum absolute atomic E-state index is 11.7. The Morgan fingerprint density at radius 3 is 2.75 bits per heavy atom. The molecule has 2 N–H and O–H groups in total. The van der Waals surface area contributed by atoms with E-state index in [4.69, 9.17) is 10.5 Å². The number of hydrogen-bond acceptors (Lipinski definition) is 4. The van der Waals surface area contributed by atoms with Gasteiger partial charge in [0.1, 0.15) is 0 Å². The molecule has 3 rings (SSSR count). The molecule has 0 unspecified atom stereocenters. The van der Waals surface area contributed by atoms with Crippen LogP contribution in [-0.2, 0) is 16.0 Å². The third-order valence-electron chi connectivity index (χ3n) is 4.16. The van der Waals surface area contributed by atoms with Gasteiger partial charge in [0, 0.05) is 17.2 Å². The first-order chi connectivity index (χ1) is 11.7. The van der Waals surface area contributed by atoms with Crippen LogP contribution >= 0.6 is 0 Å². The molecular weight excluding hydrogens is 300 g/mol. The van der Waals surface area contributed by atoms with Crippen molar-refractivity contribution in [3.05, 3.63) is 48.0 Å². The van der Waals surface area contributed by atoms with Crippen molar-refractivity contribution in [2.24, 2.45) is 0 Å². The summed E-state index contributed by atoms with van der Waals surface area (Å²) in [6.45, 7) is 2.58. The predicted octanol–water partition coefficient (Wildman–Crippen LogP) is 4.25. The van der Waals surface area contributed by atoms with Gasteiger partial charge < -0.3 is 10.5 Å². The lowest BCUT2D eigenvalue weighted by Crippen LogP contribution is -2.07. The lowest BCUT2D eigenvalue weighted by Gasteiger charge is -2.09. The van der Waals surface area contributed by atoms with Gasteiger partial charge >= 0.3 is 5.97 Å². The number of nitrogens with zero attached hydrogens (tertiary/aromatic N) is 1. The molecule has 0 aliphatic rings. The fourth-order valence-electron chi connectivity index (χ4n) is 2.77. The molecule has 24 heavy (non-hydrogen) atoms. The smallest absolute Gasteiger partial charge is 0.306 e. The number of pyridine rings is 1. The Kier molecular flexibility index (Phi) is 4.94. The maximum Gasteiger partial charge on any atom is 0.306 e. The molecule has 0 aliphatic carbocycles. The summed E-state index contributed by atoms with van der Waals surface area (Å²) >= 11 is 0. The minimum atomic E-state index is -0.145. The third kappa shape index (κ3) is 3.48. The van der Waals surface area contributed by atoms with E-state index in [-0.39, 0.29) is 5.97 Å². The van der Waals surface area contributed by atoms with E-state index in [1.54, 1.807) is 0 Å². The Labute approximate surface area is 141 Å². The van der Waals surface area contributed by atoms with Crippen molar-refractivity contribution in [1.29, 1.82) is 0 Å². The number of carbonyl (C=O) groups excluding carboxylic acids is 1. The van der Waals surface area contributed by atoms with Crippen LogP contribution in [0.4, 0.5) is 5.69 Å². The van der Waals surface area contributed by atoms with Gasteiger partial charge in [-0.25, -0.2) is 4.98 Å². The van der Waals surface area contributed by atoms with Crippen LogP contribution in [0.15, 0.2) is 42.5 Å². The van der Waals surface area contributed by atoms with Crippen molar-refractivity contribution < 1.29 is 9.53 Å². The lowest BCUT2D eigenvalue weighted by molar-refractivity contribution is -0.143. The molecule has 3 aromatic rings. The number of benzene rings is 2. The molecule has 0 saturated heterocycles. The molecule has 0 atom stereocenters. The largest absolute Gasteiger partial charge is 0.466 e. The Hall–Kier alpha value is -2.62. The Morgan fingerprint density at radius 2 is 1.92 bits per heavy atom. The average molecular weight is 322 g/mol. The molecule has 0 aliphatic heterocycles. The van der Waals surface area contributed by atoms with Crippen molar-refractivity contribution in [3.8, 4) is 0 Å². The van der Waals surface area contributed by atoms with Crippen LogP contribution in [0.25, 0.3) is 21.8 Å². The molecule has 0 bridgehead atoms. The van der Waals surface area contributed by atoms with E-state index < -0.39 is 0 Å². The minimum absolute atomic E-state index is 0.145. The molecule has 4 nitrogen and oxygen atoms in total. The van der Waals surface area contributed by atoms with Crippen LogP contribution in [0, 0.1) is 0 Å². The van der Waals surface area contributed by atoms with Gasteiger partial charge in [-0.05, 0) is 36.6 Å². The average Bonchev–Trinajstić information content (AvgIpc) is 2.61. The number of nitrogens with two attached hydrogens (primary N) is 1. The number of nitrogen functional groups attached to an aromatic ring is 1. The van der Waals surface area contributed by atoms with Gasteiger partial charge in [-0.15, -0.1) is 0 Å². The van der Waals surface area contributed by atoms with Gasteiger partial charge in [0.25, 0.3) is 0 Å². The Balaban J connectivity index is 1.79. The molecular formula is C20H22N2O2. The molecule has 0 amide bonds. The van der Waals surface area contributed by atoms with Crippen LogP contribution in [0.2, 0.25) is 0 Å². The second-order valence-corrected chi connectivity index (χ2v) is 5.97. The maximum atomic E-state index is 11.7. The van der Waals surface area contributed by atoms with Crippen molar-refractivity contribution in [2.45, 2.75) is 32.6 Å². The summed E-state index contributed by atoms with van der Waals surface area (Å²) in [5.41, 5.74) is 9.91. The van der Waals surface area contributed by atoms with E-state index in [9.17, 15) is 4.79 Å². The van der Waals surface area contributed by atoms with Gasteiger partial charge in [-0.1, -0.05) is 37.6 Å². The lowest BCUT2D eigenvalue weighted by atomic mass is 10.0. The van der Waals surface area contributed by atoms with E-state index in [0.717, 1.165) is 45.9 Å². The topological polar surface area (TPSA) is 65.2 Å². The van der Waals surface area contributed by atoms with Gasteiger partial charge in [0.15, 0.2) is 0 Å². The van der Waals surface area contributed by atoms with E-state index in [0.29, 0.717) is 19.4 Å². The number of unbranched alkanes of at least 4 members (excludes halogenated alkanes) is 1. The van der Waals surface area contributed by atoms with Crippen molar-refractivity contribution in [1.82, 2.24) is 4.98 Å². The van der Waals surface area contributed by atoms with Gasteiger partial charge in [0.05, 0.1) is 23.3 Å². The predicted molar refractivity (Wildman–Crippen MR) is 97.8 cm³/mol. The summed E-state index contributed by atoms with van der Waals surface area (Å²) in [6, 6.07) is 13.9. The first-order valence-electron chi connectivity index (χ1n) is 8.41. The van der Waals surface area contributed by atoms with Gasteiger partial charge in [0.2, 0.25) is 0 Å². The number of hydrogen-bond donors (Lipinski definition) is 1. The number of para-hydroxylation sites is 1. The summed E-state index contributed by atoms with van der Waals surface area (Å²) in [4.78, 5) is 16.4. The van der Waals surface area contributed by atoms with Crippen LogP contribution in [0.3, 0.4) is 0 Å². The quantitative estimate of drug-likeness (QED) is 0.419. The molecule has 4 heteroatoms. The summed E-state index contributed by atoms with van der Waals surface area (Å²) in [5.74, 6) is -0.145. The molecule has 0 fully saturated rings. The monoisotopic (exact) mass is 322 g/mol. The Bertz CT molecular complexity index is 874. The SMILES string of the molecule is CCCCOC(=O)CCc1ccc2nc3ccccc3c(N)c2c1. The zero-order valence-electron chi connectivity index (χ0n) is 13.9. The normalized spacial score (nSPS) is 11.0. The number of anilines is 1. The van der Waals surface area contributed by atoms with Crippen LogP contribution in [-0.4, -0.2) is 17.6 Å². The highest BCUT2D eigenvalue weighted by atomic mass is 16.5. The number of rotatable bonds is 6. The van der Waals surface area contributed by atoms with Crippen molar-refractivity contribution in [3.63, 3.8) is 0 Å². The highest BCUT2D eigenvalue weighted by molar-refractivity contribution is 6.06. The van der Waals surface area contributed by atoms with Gasteiger partial charge in [-0.3, -0.25) is 4.79 Å². The zero-order chi connectivity index (χ0) is 16.9. The second-order valence-electron chi connectivity index (χ2n) is 5.97. The highest BCUT2D eigenvalue weighted by Gasteiger charge is 2.08. The number of esters is 1. The van der Waals surface area contributed by atoms with Crippen molar-refractivity contribution >= 4 is 33.5 Å². The number of ether oxygens (including phenoxy) is 1. The summed E-state index contributed by atoms with van der Waals surface area (Å²) < 4.78 is 5.20. The first-order valence-corrected chi connectivity index (χ1v) is 8.41. The van der Waals surface area contributed by atoms with Crippen LogP contribution in [0.5, 0.6) is 0 Å². The summed E-state index contributed by atoms with van der Waals surface area (Å²) in [5, 5.41) is 1.90. The second kappa shape index (κ2) is 7.30. The highest BCUT2D eigenvalue weighted by Crippen LogP contribution is 2.28. The fraction of sp³-hybridized carbons (Fsp3) is 0.300. The molecule has 0 saturated carbocycles.